The predicted molar refractivity (Wildman–Crippen MR) is 151 cm³/mol. The van der Waals surface area contributed by atoms with E-state index in [1.165, 1.54) is 0 Å². The summed E-state index contributed by atoms with van der Waals surface area (Å²) in [5, 5.41) is 4.01. The molecular weight excluding hydrogens is 536 g/mol. The lowest BCUT2D eigenvalue weighted by Gasteiger charge is -2.23. The van der Waals surface area contributed by atoms with Crippen molar-refractivity contribution in [3.8, 4) is 22.8 Å². The minimum Gasteiger partial charge on any atom is -0.495 e. The van der Waals surface area contributed by atoms with Crippen LogP contribution in [-0.2, 0) is 15.7 Å². The number of benzene rings is 2. The van der Waals surface area contributed by atoms with Crippen molar-refractivity contribution in [1.82, 2.24) is 24.7 Å². The van der Waals surface area contributed by atoms with Crippen LogP contribution in [0.5, 0.6) is 11.6 Å². The number of aromatic amines is 1. The maximum atomic E-state index is 12.2. The van der Waals surface area contributed by atoms with E-state index >= 15 is 0 Å². The second-order valence-electron chi connectivity index (χ2n) is 9.08. The molecule has 1 fully saturated rings. The molecule has 0 spiro atoms. The Kier molecular flexibility index (Phi) is 7.98. The van der Waals surface area contributed by atoms with Crippen LogP contribution in [0.25, 0.3) is 33.3 Å². The van der Waals surface area contributed by atoms with E-state index in [4.69, 9.17) is 28.6 Å². The van der Waals surface area contributed by atoms with Crippen molar-refractivity contribution in [2.24, 2.45) is 0 Å². The fourth-order valence-electron chi connectivity index (χ4n) is 4.66. The second-order valence-corrected chi connectivity index (χ2v) is 10.5. The number of rotatable bonds is 8. The third-order valence-corrected chi connectivity index (χ3v) is 7.62. The highest BCUT2D eigenvalue weighted by Crippen LogP contribution is 2.38. The van der Waals surface area contributed by atoms with Gasteiger partial charge in [0, 0.05) is 31.5 Å². The van der Waals surface area contributed by atoms with Crippen molar-refractivity contribution in [3.63, 3.8) is 0 Å². The van der Waals surface area contributed by atoms with Gasteiger partial charge in [-0.1, -0.05) is 6.07 Å². The van der Waals surface area contributed by atoms with E-state index < -0.39 is 11.0 Å². The maximum Gasteiger partial charge on any atom is 0.232 e. The zero-order valence-electron chi connectivity index (χ0n) is 22.2. The lowest BCUT2D eigenvalue weighted by molar-refractivity contribution is 0.0244. The van der Waals surface area contributed by atoms with Crippen molar-refractivity contribution < 1.29 is 28.3 Å². The molecule has 0 radical (unpaired) electrons. The van der Waals surface area contributed by atoms with Gasteiger partial charge >= 0.3 is 0 Å². The molecule has 0 saturated carbocycles. The van der Waals surface area contributed by atoms with Gasteiger partial charge in [0.1, 0.15) is 34.0 Å². The molecule has 1 aliphatic rings. The van der Waals surface area contributed by atoms with E-state index in [1.807, 2.05) is 31.3 Å². The second kappa shape index (κ2) is 11.6. The number of aryl methyl sites for hydroxylation is 1. The first kappa shape index (κ1) is 27.5. The van der Waals surface area contributed by atoms with Gasteiger partial charge in [0.05, 0.1) is 36.3 Å². The Morgan fingerprint density at radius 3 is 2.70 bits per heavy atom. The molecule has 210 valence electrons. The lowest BCUT2D eigenvalue weighted by atomic mass is 10.1. The summed E-state index contributed by atoms with van der Waals surface area (Å²) in [6, 6.07) is 11.1. The minimum absolute atomic E-state index is 0. The van der Waals surface area contributed by atoms with E-state index in [0.29, 0.717) is 58.5 Å². The fraction of sp³-hybridized carbons (Fsp3) is 0.296. The maximum absolute atomic E-state index is 12.2. The Labute approximate surface area is 232 Å². The van der Waals surface area contributed by atoms with E-state index in [0.717, 1.165) is 34.9 Å². The molecule has 1 saturated heterocycles. The van der Waals surface area contributed by atoms with Crippen LogP contribution in [0, 0.1) is 6.92 Å². The van der Waals surface area contributed by atoms with Gasteiger partial charge in [0.2, 0.25) is 11.8 Å². The van der Waals surface area contributed by atoms with Gasteiger partial charge < -0.3 is 34.4 Å². The molecule has 1 aliphatic heterocycles. The molecular formula is C27H30N6O6S. The first-order valence-electron chi connectivity index (χ1n) is 12.6. The van der Waals surface area contributed by atoms with E-state index in [1.54, 1.807) is 32.4 Å². The Hall–Kier alpha value is -4.04. The summed E-state index contributed by atoms with van der Waals surface area (Å²) in [5.74, 6) is 1.92. The topological polar surface area (TPSA) is 168 Å². The van der Waals surface area contributed by atoms with Gasteiger partial charge in [-0.3, -0.25) is 0 Å². The normalized spacial score (nSPS) is 14.7. The number of hydrogen-bond donors (Lipinski definition) is 3. The van der Waals surface area contributed by atoms with E-state index in [9.17, 15) is 4.21 Å². The highest BCUT2D eigenvalue weighted by Gasteiger charge is 2.22. The van der Waals surface area contributed by atoms with Crippen LogP contribution in [0.2, 0.25) is 0 Å². The molecule has 12 nitrogen and oxygen atoms in total. The summed E-state index contributed by atoms with van der Waals surface area (Å²) in [7, 11) is 1.85. The number of anilines is 2. The van der Waals surface area contributed by atoms with E-state index in [-0.39, 0.29) is 11.6 Å². The Bertz CT molecular complexity index is 1680. The molecule has 13 heteroatoms. The van der Waals surface area contributed by atoms with Crippen LogP contribution in [-0.4, -0.2) is 63.1 Å². The largest absolute Gasteiger partial charge is 0.495 e. The number of fused-ring (bicyclic) bond motifs is 2. The van der Waals surface area contributed by atoms with Crippen molar-refractivity contribution in [3.05, 3.63) is 48.5 Å². The molecule has 40 heavy (non-hydrogen) atoms. The molecule has 4 heterocycles. The zero-order chi connectivity index (χ0) is 26.9. The van der Waals surface area contributed by atoms with Crippen molar-refractivity contribution in [2.75, 3.05) is 32.7 Å². The number of methoxy groups -OCH3 is 1. The first-order chi connectivity index (χ1) is 19.0. The lowest BCUT2D eigenvalue weighted by Crippen LogP contribution is -2.26. The van der Waals surface area contributed by atoms with E-state index in [2.05, 4.69) is 20.0 Å². The Morgan fingerprint density at radius 1 is 1.10 bits per heavy atom. The average Bonchev–Trinajstić information content (AvgIpc) is 3.55. The summed E-state index contributed by atoms with van der Waals surface area (Å²) >= 11 is 0. The van der Waals surface area contributed by atoms with Gasteiger partial charge in [-0.15, -0.1) is 0 Å². The summed E-state index contributed by atoms with van der Waals surface area (Å²) in [6.45, 7) is 3.11. The Balaban J connectivity index is 0.00000323. The predicted octanol–water partition coefficient (Wildman–Crippen LogP) is 3.80. The summed E-state index contributed by atoms with van der Waals surface area (Å²) in [4.78, 5) is 17.8. The summed E-state index contributed by atoms with van der Waals surface area (Å²) in [6.07, 6.45) is 3.41. The van der Waals surface area contributed by atoms with Crippen LogP contribution < -0.4 is 19.5 Å². The molecule has 0 bridgehead atoms. The highest BCUT2D eigenvalue weighted by atomic mass is 32.2. The van der Waals surface area contributed by atoms with Gasteiger partial charge in [-0.2, -0.15) is 9.97 Å². The minimum atomic E-state index is -1.34. The number of H-pyrrole nitrogens is 1. The molecule has 5 aromatic rings. The third-order valence-electron chi connectivity index (χ3n) is 6.57. The third kappa shape index (κ3) is 5.36. The first-order valence-corrected chi connectivity index (χ1v) is 13.7. The number of aromatic nitrogens is 4. The Morgan fingerprint density at radius 2 is 1.93 bits per heavy atom. The van der Waals surface area contributed by atoms with Crippen LogP contribution in [0.15, 0.2) is 51.9 Å². The van der Waals surface area contributed by atoms with Gasteiger partial charge in [0.25, 0.3) is 0 Å². The SMILES string of the molecule is CNS(=O)c1ccc(Nc2nc(OC3CCOCC3)c3c(-c4ccc5nc(C)oc5c4)c[nH]c3n2)c(OC)c1.O. The van der Waals surface area contributed by atoms with Crippen molar-refractivity contribution >= 4 is 44.8 Å². The smallest absolute Gasteiger partial charge is 0.232 e. The summed E-state index contributed by atoms with van der Waals surface area (Å²) in [5.41, 5.74) is 4.58. The molecule has 0 aliphatic carbocycles. The molecule has 6 rings (SSSR count). The zero-order valence-corrected chi connectivity index (χ0v) is 23.1. The quantitative estimate of drug-likeness (QED) is 0.253. The standard InChI is InChI=1S/C27H28N6O5S.H2O/c1-15-30-21-6-4-16(12-23(21)37-15)19-14-29-25-24(19)26(38-17-8-10-36-11-9-17)33-27(32-25)31-20-7-5-18(39(34)28-2)13-22(20)35-3;/h4-7,12-14,17,28H,8-11H2,1-3H3,(H2,29,31,32,33);1H2. The van der Waals surface area contributed by atoms with Gasteiger partial charge in [-0.25, -0.2) is 13.9 Å². The number of nitrogens with one attached hydrogen (secondary N) is 3. The molecule has 1 unspecified atom stereocenters. The number of hydrogen-bond acceptors (Lipinski definition) is 9. The number of nitrogens with zero attached hydrogens (tertiary/aromatic N) is 3. The van der Waals surface area contributed by atoms with Crippen LogP contribution >= 0.6 is 0 Å². The van der Waals surface area contributed by atoms with Gasteiger partial charge in [0.15, 0.2) is 11.5 Å². The molecule has 3 aromatic heterocycles. The van der Waals surface area contributed by atoms with Crippen LogP contribution in [0.3, 0.4) is 0 Å². The van der Waals surface area contributed by atoms with Crippen molar-refractivity contribution in [1.29, 1.82) is 0 Å². The van der Waals surface area contributed by atoms with Crippen molar-refractivity contribution in [2.45, 2.75) is 30.8 Å². The average molecular weight is 567 g/mol. The molecule has 2 aromatic carbocycles. The molecule has 1 atom stereocenters. The molecule has 5 N–H and O–H groups in total. The fourth-order valence-corrected chi connectivity index (χ4v) is 5.30. The van der Waals surface area contributed by atoms with Crippen LogP contribution in [0.1, 0.15) is 18.7 Å². The van der Waals surface area contributed by atoms with Crippen LogP contribution in [0.4, 0.5) is 11.6 Å². The molecule has 0 amide bonds. The monoisotopic (exact) mass is 566 g/mol. The number of oxazole rings is 1. The van der Waals surface area contributed by atoms with Gasteiger partial charge in [-0.05, 0) is 42.9 Å². The number of ether oxygens (including phenoxy) is 3. The highest BCUT2D eigenvalue weighted by molar-refractivity contribution is 7.83. The summed E-state index contributed by atoms with van der Waals surface area (Å²) < 4.78 is 38.2.